The van der Waals surface area contributed by atoms with Crippen molar-refractivity contribution in [1.82, 2.24) is 0 Å². The van der Waals surface area contributed by atoms with Crippen molar-refractivity contribution in [2.75, 3.05) is 0 Å². The van der Waals surface area contributed by atoms with Gasteiger partial charge in [0, 0.05) is 14.8 Å². The van der Waals surface area contributed by atoms with E-state index in [9.17, 15) is 9.65 Å². The molecule has 0 aliphatic carbocycles. The number of nitriles is 1. The average molecular weight is 372 g/mol. The fraction of sp³-hybridized carbons (Fsp3) is 0. The lowest BCUT2D eigenvalue weighted by molar-refractivity contribution is 0.627. The third-order valence-electron chi connectivity index (χ3n) is 3.20. The molecule has 118 valence electrons. The topological polar surface area (TPSA) is 23.8 Å². The van der Waals surface area contributed by atoms with Gasteiger partial charge >= 0.3 is 0 Å². The lowest BCUT2D eigenvalue weighted by atomic mass is 10.1. The largest absolute Gasteiger partial charge is 0.207 e. The SMILES string of the molecule is N#C/C(=C/c1ccc(Sc2ccc(Cl)cc2)s1)c1ccc(F)cc1. The van der Waals surface area contributed by atoms with E-state index < -0.39 is 0 Å². The van der Waals surface area contributed by atoms with E-state index in [0.29, 0.717) is 16.2 Å². The van der Waals surface area contributed by atoms with E-state index in [-0.39, 0.29) is 5.82 Å². The smallest absolute Gasteiger partial charge is 0.123 e. The van der Waals surface area contributed by atoms with E-state index >= 15 is 0 Å². The minimum absolute atomic E-state index is 0.311. The predicted molar refractivity (Wildman–Crippen MR) is 99.8 cm³/mol. The molecule has 0 amide bonds. The number of nitrogens with zero attached hydrogens (tertiary/aromatic N) is 1. The molecular weight excluding hydrogens is 361 g/mol. The first kappa shape index (κ1) is 16.8. The number of thiophene rings is 1. The fourth-order valence-corrected chi connectivity index (χ4v) is 4.23. The summed E-state index contributed by atoms with van der Waals surface area (Å²) in [5, 5.41) is 10.1. The van der Waals surface area contributed by atoms with Gasteiger partial charge in [0.2, 0.25) is 0 Å². The highest BCUT2D eigenvalue weighted by atomic mass is 35.5. The Hall–Kier alpha value is -2.06. The van der Waals surface area contributed by atoms with Gasteiger partial charge in [-0.1, -0.05) is 35.5 Å². The van der Waals surface area contributed by atoms with Gasteiger partial charge in [-0.25, -0.2) is 4.39 Å². The molecule has 1 nitrogen and oxygen atoms in total. The first-order chi connectivity index (χ1) is 11.6. The second kappa shape index (κ2) is 7.67. The van der Waals surface area contributed by atoms with Gasteiger partial charge in [0.1, 0.15) is 5.82 Å². The van der Waals surface area contributed by atoms with Crippen LogP contribution in [0.5, 0.6) is 0 Å². The second-order valence-electron chi connectivity index (χ2n) is 4.89. The van der Waals surface area contributed by atoms with E-state index in [2.05, 4.69) is 6.07 Å². The van der Waals surface area contributed by atoms with Gasteiger partial charge in [0.25, 0.3) is 0 Å². The third-order valence-corrected chi connectivity index (χ3v) is 5.62. The molecule has 0 fully saturated rings. The molecule has 0 bridgehead atoms. The molecule has 0 unspecified atom stereocenters. The second-order valence-corrected chi connectivity index (χ2v) is 7.82. The summed E-state index contributed by atoms with van der Waals surface area (Å²) in [6.07, 6.45) is 1.82. The Balaban J connectivity index is 1.80. The number of hydrogen-bond donors (Lipinski definition) is 0. The van der Waals surface area contributed by atoms with Gasteiger partial charge in [-0.05, 0) is 60.2 Å². The molecule has 0 spiro atoms. The molecule has 1 heterocycles. The molecule has 1 aromatic heterocycles. The third kappa shape index (κ3) is 4.27. The number of benzene rings is 2. The van der Waals surface area contributed by atoms with Crippen molar-refractivity contribution in [2.24, 2.45) is 0 Å². The number of rotatable bonds is 4. The molecule has 3 aromatic rings. The molecule has 24 heavy (non-hydrogen) atoms. The van der Waals surface area contributed by atoms with Crippen molar-refractivity contribution in [2.45, 2.75) is 9.10 Å². The van der Waals surface area contributed by atoms with Crippen LogP contribution < -0.4 is 0 Å². The molecule has 0 aliphatic heterocycles. The highest BCUT2D eigenvalue weighted by Gasteiger charge is 2.05. The highest BCUT2D eigenvalue weighted by Crippen LogP contribution is 2.35. The van der Waals surface area contributed by atoms with Crippen LogP contribution in [0, 0.1) is 17.1 Å². The zero-order valence-corrected chi connectivity index (χ0v) is 14.8. The molecule has 5 heteroatoms. The highest BCUT2D eigenvalue weighted by molar-refractivity contribution is 8.01. The summed E-state index contributed by atoms with van der Waals surface area (Å²) in [6, 6.07) is 19.8. The summed E-state index contributed by atoms with van der Waals surface area (Å²) >= 11 is 9.14. The standard InChI is InChI=1S/C19H11ClFNS2/c20-15-3-7-17(8-4-15)23-19-10-9-18(24-19)11-14(12-22)13-1-5-16(21)6-2-13/h1-11H/b14-11-. The lowest BCUT2D eigenvalue weighted by Gasteiger charge is -1.99. The lowest BCUT2D eigenvalue weighted by Crippen LogP contribution is -1.81. The van der Waals surface area contributed by atoms with Crippen LogP contribution in [0.1, 0.15) is 10.4 Å². The predicted octanol–water partition coefficient (Wildman–Crippen LogP) is 6.76. The molecule has 0 saturated carbocycles. The Labute approximate surface area is 153 Å². The minimum atomic E-state index is -0.311. The monoisotopic (exact) mass is 371 g/mol. The summed E-state index contributed by atoms with van der Waals surface area (Å²) in [5.41, 5.74) is 1.22. The molecule has 2 aromatic carbocycles. The van der Waals surface area contributed by atoms with Gasteiger partial charge < -0.3 is 0 Å². The van der Waals surface area contributed by atoms with E-state index in [1.165, 1.54) is 12.1 Å². The fourth-order valence-electron chi connectivity index (χ4n) is 2.04. The van der Waals surface area contributed by atoms with Crippen molar-refractivity contribution in [3.8, 4) is 6.07 Å². The zero-order chi connectivity index (χ0) is 16.9. The van der Waals surface area contributed by atoms with Crippen LogP contribution in [0.3, 0.4) is 0 Å². The maximum atomic E-state index is 13.0. The summed E-state index contributed by atoms with van der Waals surface area (Å²) in [5.74, 6) is -0.311. The summed E-state index contributed by atoms with van der Waals surface area (Å²) in [7, 11) is 0. The number of allylic oxidation sites excluding steroid dienone is 1. The van der Waals surface area contributed by atoms with Gasteiger partial charge in [-0.2, -0.15) is 5.26 Å². The quantitative estimate of drug-likeness (QED) is 0.473. The Morgan fingerprint density at radius 2 is 1.75 bits per heavy atom. The molecule has 0 N–H and O–H groups in total. The van der Waals surface area contributed by atoms with Crippen LogP contribution in [-0.4, -0.2) is 0 Å². The summed E-state index contributed by atoms with van der Waals surface area (Å²) < 4.78 is 14.1. The Bertz CT molecular complexity index is 906. The van der Waals surface area contributed by atoms with Crippen molar-refractivity contribution in [3.05, 3.63) is 81.9 Å². The van der Waals surface area contributed by atoms with E-state index in [4.69, 9.17) is 11.6 Å². The van der Waals surface area contributed by atoms with Gasteiger partial charge in [-0.3, -0.25) is 0 Å². The Kier molecular flexibility index (Phi) is 5.37. The Morgan fingerprint density at radius 1 is 1.04 bits per heavy atom. The van der Waals surface area contributed by atoms with Gasteiger partial charge in [0.05, 0.1) is 15.9 Å². The maximum absolute atomic E-state index is 13.0. The molecule has 0 radical (unpaired) electrons. The normalized spacial score (nSPS) is 11.3. The van der Waals surface area contributed by atoms with Crippen molar-refractivity contribution < 1.29 is 4.39 Å². The van der Waals surface area contributed by atoms with Crippen LogP contribution >= 0.6 is 34.7 Å². The van der Waals surface area contributed by atoms with Crippen LogP contribution in [-0.2, 0) is 0 Å². The van der Waals surface area contributed by atoms with E-state index in [0.717, 1.165) is 14.0 Å². The molecule has 0 atom stereocenters. The van der Waals surface area contributed by atoms with Crippen LogP contribution in [0.4, 0.5) is 4.39 Å². The van der Waals surface area contributed by atoms with Crippen LogP contribution in [0.25, 0.3) is 11.6 Å². The van der Waals surface area contributed by atoms with Gasteiger partial charge in [-0.15, -0.1) is 11.3 Å². The van der Waals surface area contributed by atoms with E-state index in [1.54, 1.807) is 35.2 Å². The van der Waals surface area contributed by atoms with Crippen molar-refractivity contribution in [1.29, 1.82) is 5.26 Å². The summed E-state index contributed by atoms with van der Waals surface area (Å²) in [6.45, 7) is 0. The van der Waals surface area contributed by atoms with Crippen molar-refractivity contribution in [3.63, 3.8) is 0 Å². The minimum Gasteiger partial charge on any atom is -0.207 e. The van der Waals surface area contributed by atoms with Gasteiger partial charge in [0.15, 0.2) is 0 Å². The summed E-state index contributed by atoms with van der Waals surface area (Å²) in [4.78, 5) is 2.09. The first-order valence-corrected chi connectivity index (χ1v) is 9.06. The average Bonchev–Trinajstić information content (AvgIpc) is 3.03. The zero-order valence-electron chi connectivity index (χ0n) is 12.4. The molecule has 0 saturated heterocycles. The molecule has 3 rings (SSSR count). The molecule has 0 aliphatic rings. The maximum Gasteiger partial charge on any atom is 0.123 e. The molecular formula is C19H11ClFNS2. The number of halogens is 2. The Morgan fingerprint density at radius 3 is 2.42 bits per heavy atom. The first-order valence-electron chi connectivity index (χ1n) is 7.05. The number of hydrogen-bond acceptors (Lipinski definition) is 3. The van der Waals surface area contributed by atoms with Crippen LogP contribution in [0.15, 0.2) is 69.8 Å². The van der Waals surface area contributed by atoms with Crippen LogP contribution in [0.2, 0.25) is 5.02 Å². The van der Waals surface area contributed by atoms with E-state index in [1.807, 2.05) is 42.5 Å². The van der Waals surface area contributed by atoms with Crippen molar-refractivity contribution >= 4 is 46.3 Å².